The van der Waals surface area contributed by atoms with E-state index in [1.165, 1.54) is 6.92 Å². The summed E-state index contributed by atoms with van der Waals surface area (Å²) >= 11 is 0. The molecule has 5 nitrogen and oxygen atoms in total. The summed E-state index contributed by atoms with van der Waals surface area (Å²) in [5, 5.41) is 11.0. The zero-order valence-electron chi connectivity index (χ0n) is 11.6. The van der Waals surface area contributed by atoms with Crippen LogP contribution in [0.25, 0.3) is 0 Å². The van der Waals surface area contributed by atoms with Gasteiger partial charge in [-0.25, -0.2) is 0 Å². The molecule has 0 bridgehead atoms. The van der Waals surface area contributed by atoms with E-state index < -0.39 is 17.9 Å². The maximum atomic E-state index is 11.5. The molecule has 1 amide bonds. The largest absolute Gasteiger partial charge is 0.483 e. The lowest BCUT2D eigenvalue weighted by Crippen LogP contribution is -2.40. The number of hydrogen-bond acceptors (Lipinski definition) is 3. The smallest absolute Gasteiger partial charge is 0.325 e. The van der Waals surface area contributed by atoms with E-state index in [-0.39, 0.29) is 6.61 Å². The Labute approximate surface area is 112 Å². The molecule has 19 heavy (non-hydrogen) atoms. The summed E-state index contributed by atoms with van der Waals surface area (Å²) in [6.07, 6.45) is 0. The Morgan fingerprint density at radius 1 is 1.32 bits per heavy atom. The van der Waals surface area contributed by atoms with Gasteiger partial charge in [0.25, 0.3) is 5.91 Å². The van der Waals surface area contributed by atoms with Crippen LogP contribution >= 0.6 is 0 Å². The average molecular weight is 265 g/mol. The van der Waals surface area contributed by atoms with Crippen LogP contribution in [-0.2, 0) is 9.59 Å². The summed E-state index contributed by atoms with van der Waals surface area (Å²) in [5.74, 6) is -0.875. The van der Waals surface area contributed by atoms with Crippen LogP contribution in [0.4, 0.5) is 0 Å². The van der Waals surface area contributed by atoms with Crippen LogP contribution in [-0.4, -0.2) is 29.6 Å². The summed E-state index contributed by atoms with van der Waals surface area (Å²) in [6, 6.07) is 2.97. The molecule has 104 valence electrons. The van der Waals surface area contributed by atoms with Gasteiger partial charge in [0.05, 0.1) is 0 Å². The third kappa shape index (κ3) is 4.28. The number of aliphatic carboxylic acids is 1. The van der Waals surface area contributed by atoms with Crippen LogP contribution in [0.3, 0.4) is 0 Å². The van der Waals surface area contributed by atoms with Crippen LogP contribution in [0.5, 0.6) is 5.75 Å². The zero-order chi connectivity index (χ0) is 14.6. The van der Waals surface area contributed by atoms with Crippen molar-refractivity contribution in [2.45, 2.75) is 33.7 Å². The Morgan fingerprint density at radius 3 is 2.53 bits per heavy atom. The number of ether oxygens (including phenoxy) is 1. The van der Waals surface area contributed by atoms with Gasteiger partial charge in [-0.1, -0.05) is 6.07 Å². The first kappa shape index (κ1) is 15.0. The van der Waals surface area contributed by atoms with E-state index in [0.29, 0.717) is 5.75 Å². The number of amides is 1. The quantitative estimate of drug-likeness (QED) is 0.847. The second kappa shape index (κ2) is 6.22. The van der Waals surface area contributed by atoms with Crippen molar-refractivity contribution in [1.82, 2.24) is 5.32 Å². The van der Waals surface area contributed by atoms with Gasteiger partial charge in [0.2, 0.25) is 0 Å². The molecule has 0 spiro atoms. The van der Waals surface area contributed by atoms with E-state index in [1.54, 1.807) is 0 Å². The minimum absolute atomic E-state index is 0.193. The molecule has 0 unspecified atom stereocenters. The normalized spacial score (nSPS) is 11.8. The van der Waals surface area contributed by atoms with Crippen molar-refractivity contribution >= 4 is 11.9 Å². The fourth-order valence-electron chi connectivity index (χ4n) is 1.64. The lowest BCUT2D eigenvalue weighted by Gasteiger charge is -2.13. The van der Waals surface area contributed by atoms with Crippen molar-refractivity contribution < 1.29 is 19.4 Å². The molecule has 0 saturated carbocycles. The first-order valence-electron chi connectivity index (χ1n) is 6.04. The zero-order valence-corrected chi connectivity index (χ0v) is 11.6. The van der Waals surface area contributed by atoms with Crippen molar-refractivity contribution in [2.75, 3.05) is 6.61 Å². The number of aryl methyl sites for hydroxylation is 2. The monoisotopic (exact) mass is 265 g/mol. The number of benzene rings is 1. The third-order valence-electron chi connectivity index (χ3n) is 2.87. The number of carboxylic acids is 1. The molecule has 0 aliphatic rings. The van der Waals surface area contributed by atoms with Crippen molar-refractivity contribution in [3.05, 3.63) is 28.8 Å². The summed E-state index contributed by atoms with van der Waals surface area (Å²) in [4.78, 5) is 22.1. The maximum absolute atomic E-state index is 11.5. The molecule has 1 aromatic rings. The molecule has 5 heteroatoms. The summed E-state index contributed by atoms with van der Waals surface area (Å²) in [7, 11) is 0. The second-order valence-corrected chi connectivity index (χ2v) is 4.62. The number of carbonyl (C=O) groups excluding carboxylic acids is 1. The first-order chi connectivity index (χ1) is 8.81. The van der Waals surface area contributed by atoms with Crippen LogP contribution in [0, 0.1) is 20.8 Å². The molecule has 0 heterocycles. The van der Waals surface area contributed by atoms with Gasteiger partial charge in [0.15, 0.2) is 6.61 Å². The number of hydrogen-bond donors (Lipinski definition) is 2. The Morgan fingerprint density at radius 2 is 1.95 bits per heavy atom. The lowest BCUT2D eigenvalue weighted by atomic mass is 10.1. The van der Waals surface area contributed by atoms with E-state index >= 15 is 0 Å². The Hall–Kier alpha value is -2.04. The third-order valence-corrected chi connectivity index (χ3v) is 2.87. The molecule has 0 aromatic heterocycles. The van der Waals surface area contributed by atoms with Crippen molar-refractivity contribution in [3.8, 4) is 5.75 Å². The summed E-state index contributed by atoms with van der Waals surface area (Å²) in [6.45, 7) is 7.05. The van der Waals surface area contributed by atoms with E-state index in [9.17, 15) is 9.59 Å². The molecule has 0 saturated heterocycles. The number of nitrogens with one attached hydrogen (secondary N) is 1. The molecule has 1 aromatic carbocycles. The number of rotatable bonds is 5. The highest BCUT2D eigenvalue weighted by molar-refractivity contribution is 5.84. The topological polar surface area (TPSA) is 75.6 Å². The Bertz CT molecular complexity index is 496. The van der Waals surface area contributed by atoms with Crippen LogP contribution < -0.4 is 10.1 Å². The van der Waals surface area contributed by atoms with Crippen LogP contribution in [0.1, 0.15) is 23.6 Å². The maximum Gasteiger partial charge on any atom is 0.325 e. The molecule has 2 N–H and O–H groups in total. The predicted octanol–water partition coefficient (Wildman–Crippen LogP) is 1.58. The standard InChI is InChI=1S/C14H19NO4/c1-8-5-9(2)10(3)12(6-8)19-7-13(16)15-11(4)14(17)18/h5-6,11H,7H2,1-4H3,(H,15,16)(H,17,18)/t11-/m1/s1. The number of carboxylic acid groups (broad SMARTS) is 1. The van der Waals surface area contributed by atoms with Crippen molar-refractivity contribution in [3.63, 3.8) is 0 Å². The van der Waals surface area contributed by atoms with E-state index in [4.69, 9.17) is 9.84 Å². The molecule has 0 radical (unpaired) electrons. The van der Waals surface area contributed by atoms with E-state index in [2.05, 4.69) is 5.32 Å². The fourth-order valence-corrected chi connectivity index (χ4v) is 1.64. The average Bonchev–Trinajstić information content (AvgIpc) is 2.31. The Kier molecular flexibility index (Phi) is 4.92. The minimum Gasteiger partial charge on any atom is -0.483 e. The predicted molar refractivity (Wildman–Crippen MR) is 71.4 cm³/mol. The van der Waals surface area contributed by atoms with Gasteiger partial charge in [0, 0.05) is 0 Å². The van der Waals surface area contributed by atoms with E-state index in [1.807, 2.05) is 32.9 Å². The van der Waals surface area contributed by atoms with Gasteiger partial charge < -0.3 is 15.2 Å². The molecule has 0 aliphatic carbocycles. The van der Waals surface area contributed by atoms with E-state index in [0.717, 1.165) is 16.7 Å². The van der Waals surface area contributed by atoms with Gasteiger partial charge in [0.1, 0.15) is 11.8 Å². The molecular formula is C14H19NO4. The SMILES string of the molecule is Cc1cc(C)c(C)c(OCC(=O)N[C@H](C)C(=O)O)c1. The highest BCUT2D eigenvalue weighted by atomic mass is 16.5. The van der Waals surface area contributed by atoms with Gasteiger partial charge in [-0.15, -0.1) is 0 Å². The highest BCUT2D eigenvalue weighted by Gasteiger charge is 2.14. The summed E-state index contributed by atoms with van der Waals surface area (Å²) in [5.41, 5.74) is 3.12. The molecule has 1 atom stereocenters. The van der Waals surface area contributed by atoms with Gasteiger partial charge in [-0.05, 0) is 50.5 Å². The molecule has 1 rings (SSSR count). The Balaban J connectivity index is 2.62. The second-order valence-electron chi connectivity index (χ2n) is 4.62. The van der Waals surface area contributed by atoms with Gasteiger partial charge in [-0.3, -0.25) is 9.59 Å². The lowest BCUT2D eigenvalue weighted by molar-refractivity contribution is -0.141. The van der Waals surface area contributed by atoms with Crippen LogP contribution in [0.2, 0.25) is 0 Å². The summed E-state index contributed by atoms with van der Waals surface area (Å²) < 4.78 is 5.44. The van der Waals surface area contributed by atoms with Crippen molar-refractivity contribution in [2.24, 2.45) is 0 Å². The highest BCUT2D eigenvalue weighted by Crippen LogP contribution is 2.23. The fraction of sp³-hybridized carbons (Fsp3) is 0.429. The van der Waals surface area contributed by atoms with Gasteiger partial charge in [-0.2, -0.15) is 0 Å². The molecule has 0 aliphatic heterocycles. The minimum atomic E-state index is -1.07. The molecule has 0 fully saturated rings. The molecular weight excluding hydrogens is 246 g/mol. The van der Waals surface area contributed by atoms with Crippen LogP contribution in [0.15, 0.2) is 12.1 Å². The van der Waals surface area contributed by atoms with Gasteiger partial charge >= 0.3 is 5.97 Å². The van der Waals surface area contributed by atoms with Crippen molar-refractivity contribution in [1.29, 1.82) is 0 Å². The first-order valence-corrected chi connectivity index (χ1v) is 6.04. The number of carbonyl (C=O) groups is 2.